The lowest BCUT2D eigenvalue weighted by Crippen LogP contribution is -2.49. The van der Waals surface area contributed by atoms with Gasteiger partial charge in [-0.2, -0.15) is 0 Å². The van der Waals surface area contributed by atoms with E-state index >= 15 is 0 Å². The van der Waals surface area contributed by atoms with Gasteiger partial charge < -0.3 is 0 Å². The van der Waals surface area contributed by atoms with Crippen molar-refractivity contribution >= 4 is 29.8 Å². The van der Waals surface area contributed by atoms with E-state index in [1.165, 1.54) is 0 Å². The molecule has 2 heterocycles. The zero-order valence-electron chi connectivity index (χ0n) is 12.6. The maximum atomic E-state index is 12.4. The molecule has 0 saturated carbocycles. The summed E-state index contributed by atoms with van der Waals surface area (Å²) >= 11 is 1.55. The normalized spacial score (nSPS) is 12.4. The van der Waals surface area contributed by atoms with E-state index in [-0.39, 0.29) is 10.8 Å². The number of pyridine rings is 1. The Hall–Kier alpha value is -1.33. The molecule has 0 aliphatic heterocycles. The molecular formula is C15H20N2OSSi. The monoisotopic (exact) mass is 304 g/mol. The highest BCUT2D eigenvalue weighted by molar-refractivity contribution is 7.27. The van der Waals surface area contributed by atoms with Gasteiger partial charge in [-0.3, -0.25) is 14.8 Å². The molecule has 0 fully saturated rings. The molecule has 0 spiro atoms. The lowest BCUT2D eigenvalue weighted by atomic mass is 10.1. The van der Waals surface area contributed by atoms with Crippen LogP contribution in [0, 0.1) is 0 Å². The van der Waals surface area contributed by atoms with Gasteiger partial charge in [0.15, 0.2) is 0 Å². The predicted molar refractivity (Wildman–Crippen MR) is 86.6 cm³/mol. The molecule has 3 nitrogen and oxygen atoms in total. The summed E-state index contributed by atoms with van der Waals surface area (Å²) in [5.41, 5.74) is 0.672. The second-order valence-electron chi connectivity index (χ2n) is 6.47. The molecule has 2 aromatic rings. The third-order valence-corrected chi connectivity index (χ3v) is 11.7. The fourth-order valence-corrected chi connectivity index (χ4v) is 5.56. The van der Waals surface area contributed by atoms with Crippen LogP contribution in [0.15, 0.2) is 30.7 Å². The predicted octanol–water partition coefficient (Wildman–Crippen LogP) is 3.48. The fourth-order valence-electron chi connectivity index (χ4n) is 1.63. The number of carbonyl (C=O) groups is 1. The lowest BCUT2D eigenvalue weighted by molar-refractivity contribution is 0.104. The van der Waals surface area contributed by atoms with Crippen molar-refractivity contribution in [1.29, 1.82) is 0 Å². The molecule has 20 heavy (non-hydrogen) atoms. The van der Waals surface area contributed by atoms with E-state index in [0.717, 1.165) is 9.51 Å². The Kier molecular flexibility index (Phi) is 3.93. The summed E-state index contributed by atoms with van der Waals surface area (Å²) in [4.78, 5) is 21.6. The van der Waals surface area contributed by atoms with E-state index in [1.54, 1.807) is 42.1 Å². The highest BCUT2D eigenvalue weighted by atomic mass is 32.1. The van der Waals surface area contributed by atoms with Crippen molar-refractivity contribution in [3.05, 3.63) is 41.2 Å². The zero-order valence-corrected chi connectivity index (χ0v) is 14.4. The maximum absolute atomic E-state index is 12.4. The Morgan fingerprint density at radius 1 is 1.20 bits per heavy atom. The van der Waals surface area contributed by atoms with Crippen molar-refractivity contribution in [3.8, 4) is 0 Å². The van der Waals surface area contributed by atoms with E-state index in [0.29, 0.717) is 5.56 Å². The summed E-state index contributed by atoms with van der Waals surface area (Å²) in [6, 6.07) is 3.49. The van der Waals surface area contributed by atoms with Crippen molar-refractivity contribution in [1.82, 2.24) is 9.97 Å². The SMILES string of the molecule is CC(C)(C)[Si](C)(C)c1ncc(C(=O)c2ccncc2)s1. The maximum Gasteiger partial charge on any atom is 0.204 e. The van der Waals surface area contributed by atoms with E-state index < -0.39 is 8.07 Å². The first-order valence-electron chi connectivity index (χ1n) is 6.64. The van der Waals surface area contributed by atoms with Gasteiger partial charge in [0.05, 0.1) is 9.51 Å². The van der Waals surface area contributed by atoms with Gasteiger partial charge in [0, 0.05) is 24.2 Å². The number of hydrogen-bond donors (Lipinski definition) is 0. The van der Waals surface area contributed by atoms with Gasteiger partial charge in [0.25, 0.3) is 0 Å². The van der Waals surface area contributed by atoms with Crippen LogP contribution in [0.3, 0.4) is 0 Å². The van der Waals surface area contributed by atoms with Crippen molar-refractivity contribution < 1.29 is 4.79 Å². The number of carbonyl (C=O) groups excluding carboxylic acids is 1. The fraction of sp³-hybridized carbons (Fsp3) is 0.400. The molecule has 0 aliphatic rings. The van der Waals surface area contributed by atoms with Crippen LogP contribution in [-0.4, -0.2) is 23.8 Å². The first-order chi connectivity index (χ1) is 9.23. The molecule has 0 amide bonds. The highest BCUT2D eigenvalue weighted by Crippen LogP contribution is 2.36. The van der Waals surface area contributed by atoms with Crippen LogP contribution in [0.25, 0.3) is 0 Å². The summed E-state index contributed by atoms with van der Waals surface area (Å²) in [7, 11) is -1.66. The molecule has 2 aromatic heterocycles. The Morgan fingerprint density at radius 3 is 2.35 bits per heavy atom. The minimum atomic E-state index is -1.66. The molecule has 106 valence electrons. The number of nitrogens with zero attached hydrogens (tertiary/aromatic N) is 2. The average Bonchev–Trinajstić information content (AvgIpc) is 2.87. The Labute approximate surface area is 125 Å². The van der Waals surface area contributed by atoms with Crippen LogP contribution in [0.5, 0.6) is 0 Å². The van der Waals surface area contributed by atoms with Gasteiger partial charge in [-0.1, -0.05) is 33.9 Å². The minimum Gasteiger partial charge on any atom is -0.288 e. The first-order valence-corrected chi connectivity index (χ1v) is 10.5. The zero-order chi connectivity index (χ0) is 15.0. The summed E-state index contributed by atoms with van der Waals surface area (Å²) in [6.07, 6.45) is 5.01. The van der Waals surface area contributed by atoms with Crippen LogP contribution in [-0.2, 0) is 0 Å². The molecule has 0 N–H and O–H groups in total. The van der Waals surface area contributed by atoms with Gasteiger partial charge in [-0.15, -0.1) is 11.3 Å². The number of ketones is 1. The van der Waals surface area contributed by atoms with Crippen LogP contribution < -0.4 is 4.63 Å². The van der Waals surface area contributed by atoms with Gasteiger partial charge in [-0.05, 0) is 17.2 Å². The highest BCUT2D eigenvalue weighted by Gasteiger charge is 2.39. The van der Waals surface area contributed by atoms with Crippen molar-refractivity contribution in [3.63, 3.8) is 0 Å². The molecule has 0 aliphatic carbocycles. The number of aromatic nitrogens is 2. The third-order valence-electron chi connectivity index (χ3n) is 4.08. The van der Waals surface area contributed by atoms with Gasteiger partial charge in [0.2, 0.25) is 5.78 Å². The second-order valence-corrected chi connectivity index (χ2v) is 13.1. The molecule has 0 bridgehead atoms. The molecule has 5 heteroatoms. The molecule has 0 unspecified atom stereocenters. The first kappa shape index (κ1) is 15.1. The Morgan fingerprint density at radius 2 is 1.80 bits per heavy atom. The Balaban J connectivity index is 2.33. The van der Waals surface area contributed by atoms with Crippen LogP contribution in [0.4, 0.5) is 0 Å². The average molecular weight is 304 g/mol. The summed E-state index contributed by atoms with van der Waals surface area (Å²) in [6.45, 7) is 11.4. The number of hydrogen-bond acceptors (Lipinski definition) is 4. The summed E-state index contributed by atoms with van der Waals surface area (Å²) < 4.78 is 1.14. The lowest BCUT2D eigenvalue weighted by Gasteiger charge is -2.34. The standard InChI is InChI=1S/C15H20N2OSSi/c1-15(2,3)20(4,5)14-17-10-12(19-14)13(18)11-6-8-16-9-7-11/h6-10H,1-5H3. The largest absolute Gasteiger partial charge is 0.288 e. The van der Waals surface area contributed by atoms with E-state index in [9.17, 15) is 4.79 Å². The molecule has 0 radical (unpaired) electrons. The summed E-state index contributed by atoms with van der Waals surface area (Å²) in [5, 5.41) is 0.224. The van der Waals surface area contributed by atoms with E-state index in [1.807, 2.05) is 0 Å². The summed E-state index contributed by atoms with van der Waals surface area (Å²) in [5.74, 6) is 0.0369. The molecule has 0 aromatic carbocycles. The molecule has 0 atom stereocenters. The van der Waals surface area contributed by atoms with Gasteiger partial charge in [0.1, 0.15) is 8.07 Å². The van der Waals surface area contributed by atoms with Crippen molar-refractivity contribution in [2.24, 2.45) is 0 Å². The van der Waals surface area contributed by atoms with Gasteiger partial charge in [-0.25, -0.2) is 0 Å². The van der Waals surface area contributed by atoms with Gasteiger partial charge >= 0.3 is 0 Å². The van der Waals surface area contributed by atoms with Crippen LogP contribution in [0.1, 0.15) is 36.0 Å². The van der Waals surface area contributed by atoms with E-state index in [2.05, 4.69) is 43.8 Å². The van der Waals surface area contributed by atoms with Crippen molar-refractivity contribution in [2.75, 3.05) is 0 Å². The second kappa shape index (κ2) is 5.22. The topological polar surface area (TPSA) is 42.9 Å². The molecule has 2 rings (SSSR count). The van der Waals surface area contributed by atoms with Crippen molar-refractivity contribution in [2.45, 2.75) is 38.9 Å². The van der Waals surface area contributed by atoms with Crippen LogP contribution in [0.2, 0.25) is 18.1 Å². The van der Waals surface area contributed by atoms with Crippen LogP contribution >= 0.6 is 11.3 Å². The molecular weight excluding hydrogens is 284 g/mol. The minimum absolute atomic E-state index is 0.0369. The molecule has 0 saturated heterocycles. The number of rotatable bonds is 3. The number of thiazole rings is 1. The van der Waals surface area contributed by atoms with E-state index in [4.69, 9.17) is 0 Å². The quantitative estimate of drug-likeness (QED) is 0.644. The third kappa shape index (κ3) is 2.74. The smallest absolute Gasteiger partial charge is 0.204 e. The Bertz CT molecular complexity index is 614.